The quantitative estimate of drug-likeness (QED) is 0.460. The van der Waals surface area contributed by atoms with Gasteiger partial charge in [0.2, 0.25) is 0 Å². The Morgan fingerprint density at radius 1 is 1.67 bits per heavy atom. The van der Waals surface area contributed by atoms with Crippen LogP contribution >= 0.6 is 10.1 Å². The van der Waals surface area contributed by atoms with Gasteiger partial charge in [-0.15, -0.1) is 0 Å². The smallest absolute Gasteiger partial charge is 0.343 e. The summed E-state index contributed by atoms with van der Waals surface area (Å²) in [5, 5.41) is 0. The standard InChI is InChI=1S/C3H6O2S.2CH3.Al/c1-5-3(4)2-6;;;/h6H,2H2,1H3;2*1H3;/q;;;+1/p-1. The minimum Gasteiger partial charge on any atom is -0.468 e. The van der Waals surface area contributed by atoms with E-state index in [4.69, 9.17) is 0 Å². The van der Waals surface area contributed by atoms with Gasteiger partial charge in [0.05, 0.1) is 12.9 Å². The highest BCUT2D eigenvalue weighted by Gasteiger charge is 2.05. The van der Waals surface area contributed by atoms with Crippen molar-refractivity contribution in [2.75, 3.05) is 12.9 Å². The molecule has 0 N–H and O–H groups in total. The highest BCUT2D eigenvalue weighted by Crippen LogP contribution is 2.04. The predicted molar refractivity (Wildman–Crippen MR) is 42.0 cm³/mol. The van der Waals surface area contributed by atoms with Crippen molar-refractivity contribution in [3.8, 4) is 0 Å². The Balaban J connectivity index is 3.17. The normalized spacial score (nSPS) is 8.78. The van der Waals surface area contributed by atoms with Gasteiger partial charge in [-0.1, -0.05) is 11.6 Å². The van der Waals surface area contributed by atoms with Crippen molar-refractivity contribution in [2.24, 2.45) is 0 Å². The van der Waals surface area contributed by atoms with E-state index in [0.29, 0.717) is 5.75 Å². The van der Waals surface area contributed by atoms with Crippen molar-refractivity contribution < 1.29 is 9.53 Å². The first-order chi connectivity index (χ1) is 4.16. The van der Waals surface area contributed by atoms with E-state index >= 15 is 0 Å². The van der Waals surface area contributed by atoms with Crippen LogP contribution in [-0.2, 0) is 9.53 Å². The molecule has 0 amide bonds. The maximum atomic E-state index is 10.5. The Hall–Kier alpha value is 0.352. The second-order valence-corrected chi connectivity index (χ2v) is 8.48. The molecule has 0 aliphatic rings. The van der Waals surface area contributed by atoms with Crippen LogP contribution in [0.5, 0.6) is 0 Å². The number of carbonyl (C=O) groups excluding carboxylic acids is 1. The zero-order chi connectivity index (χ0) is 7.28. The van der Waals surface area contributed by atoms with E-state index < -0.39 is 13.0 Å². The Kier molecular flexibility index (Phi) is 5.36. The summed E-state index contributed by atoms with van der Waals surface area (Å²) < 4.78 is 4.46. The van der Waals surface area contributed by atoms with E-state index in [0.717, 1.165) is 0 Å². The maximum Gasteiger partial charge on any atom is 0.343 e. The lowest BCUT2D eigenvalue weighted by atomic mass is 10.8. The first kappa shape index (κ1) is 9.35. The van der Waals surface area contributed by atoms with Gasteiger partial charge in [-0.25, -0.2) is 10.1 Å². The molecule has 0 aromatic carbocycles. The minimum atomic E-state index is -0.625. The molecule has 0 aliphatic carbocycles. The van der Waals surface area contributed by atoms with E-state index in [-0.39, 0.29) is 5.97 Å². The maximum absolute atomic E-state index is 10.5. The molecule has 0 rings (SSSR count). The molecule has 0 aliphatic heterocycles. The van der Waals surface area contributed by atoms with Crippen LogP contribution in [0.2, 0.25) is 11.6 Å². The Morgan fingerprint density at radius 3 is 2.56 bits per heavy atom. The molecule has 0 saturated carbocycles. The summed E-state index contributed by atoms with van der Waals surface area (Å²) in [6.07, 6.45) is 0. The van der Waals surface area contributed by atoms with Crippen molar-refractivity contribution in [3.63, 3.8) is 0 Å². The lowest BCUT2D eigenvalue weighted by molar-refractivity contribution is -0.137. The molecule has 0 heterocycles. The first-order valence-corrected chi connectivity index (χ1v) is 7.62. The summed E-state index contributed by atoms with van der Waals surface area (Å²) in [6, 6.07) is 0. The van der Waals surface area contributed by atoms with Crippen molar-refractivity contribution in [1.82, 2.24) is 0 Å². The summed E-state index contributed by atoms with van der Waals surface area (Å²) in [5.74, 6) is 4.79. The van der Waals surface area contributed by atoms with Crippen molar-refractivity contribution in [1.29, 1.82) is 0 Å². The monoisotopic (exact) mass is 162 g/mol. The Labute approximate surface area is 63.4 Å². The minimum absolute atomic E-state index is 0.110. The number of hydrogen-bond acceptors (Lipinski definition) is 3. The molecule has 0 atom stereocenters. The molecular weight excluding hydrogens is 151 g/mol. The summed E-state index contributed by atoms with van der Waals surface area (Å²) >= 11 is -0.625. The van der Waals surface area contributed by atoms with Crippen LogP contribution in [0, 0.1) is 0 Å². The summed E-state index contributed by atoms with van der Waals surface area (Å²) in [5.41, 5.74) is 0. The summed E-state index contributed by atoms with van der Waals surface area (Å²) in [4.78, 5) is 10.5. The molecule has 0 saturated heterocycles. The SMILES string of the molecule is COC(=O)C[S][Al]([CH3])[CH3]. The fourth-order valence-electron chi connectivity index (χ4n) is 0.294. The van der Waals surface area contributed by atoms with Crippen molar-refractivity contribution in [3.05, 3.63) is 0 Å². The third kappa shape index (κ3) is 6.23. The van der Waals surface area contributed by atoms with Gasteiger partial charge in [-0.2, -0.15) is 0 Å². The zero-order valence-electron chi connectivity index (χ0n) is 6.01. The van der Waals surface area contributed by atoms with Gasteiger partial charge in [-0.3, -0.25) is 4.79 Å². The average Bonchev–Trinajstić information content (AvgIpc) is 1.83. The van der Waals surface area contributed by atoms with E-state index in [9.17, 15) is 4.79 Å². The molecule has 0 spiro atoms. The Bertz CT molecular complexity index is 95.0. The second kappa shape index (κ2) is 5.16. The number of ether oxygens (including phenoxy) is 1. The number of hydrogen-bond donors (Lipinski definition) is 0. The zero-order valence-corrected chi connectivity index (χ0v) is 7.98. The molecule has 4 heteroatoms. The summed E-state index contributed by atoms with van der Waals surface area (Å²) in [6.45, 7) is 0. The highest BCUT2D eigenvalue weighted by atomic mass is 32.3. The third-order valence-corrected chi connectivity index (χ3v) is 4.33. The fraction of sp³-hybridized carbons (Fsp3) is 0.800. The van der Waals surface area contributed by atoms with Gasteiger partial charge in [0.1, 0.15) is 0 Å². The third-order valence-electron chi connectivity index (χ3n) is 0.762. The Morgan fingerprint density at radius 2 is 2.22 bits per heavy atom. The van der Waals surface area contributed by atoms with E-state index in [2.05, 4.69) is 16.3 Å². The number of rotatable bonds is 3. The van der Waals surface area contributed by atoms with E-state index in [1.807, 2.05) is 0 Å². The van der Waals surface area contributed by atoms with Crippen LogP contribution in [0.4, 0.5) is 0 Å². The first-order valence-electron chi connectivity index (χ1n) is 2.85. The molecule has 0 radical (unpaired) electrons. The highest BCUT2D eigenvalue weighted by molar-refractivity contribution is 8.25. The van der Waals surface area contributed by atoms with Gasteiger partial charge in [-0.05, 0) is 0 Å². The van der Waals surface area contributed by atoms with Crippen LogP contribution in [0.25, 0.3) is 0 Å². The van der Waals surface area contributed by atoms with Crippen LogP contribution in [0.1, 0.15) is 0 Å². The van der Waals surface area contributed by atoms with E-state index in [1.165, 1.54) is 7.11 Å². The van der Waals surface area contributed by atoms with Crippen molar-refractivity contribution >= 4 is 29.1 Å². The number of esters is 1. The molecule has 2 nitrogen and oxygen atoms in total. The molecule has 0 aromatic heterocycles. The van der Waals surface area contributed by atoms with Crippen LogP contribution < -0.4 is 0 Å². The number of carbonyl (C=O) groups is 1. The largest absolute Gasteiger partial charge is 0.468 e. The molecule has 0 unspecified atom stereocenters. The van der Waals surface area contributed by atoms with Gasteiger partial charge >= 0.3 is 19.0 Å². The molecule has 0 fully saturated rings. The number of methoxy groups -OCH3 is 1. The van der Waals surface area contributed by atoms with Crippen LogP contribution in [0.15, 0.2) is 0 Å². The fourth-order valence-corrected chi connectivity index (χ4v) is 2.29. The second-order valence-electron chi connectivity index (χ2n) is 1.94. The molecule has 0 aromatic rings. The average molecular weight is 162 g/mol. The molecular formula is C5H11AlO2S. The van der Waals surface area contributed by atoms with Gasteiger partial charge in [0.15, 0.2) is 0 Å². The van der Waals surface area contributed by atoms with Crippen LogP contribution in [0.3, 0.4) is 0 Å². The molecule has 9 heavy (non-hydrogen) atoms. The lowest BCUT2D eigenvalue weighted by Crippen LogP contribution is -2.07. The molecule has 0 bridgehead atoms. The predicted octanol–water partition coefficient (Wildman–Crippen LogP) is 1.14. The van der Waals surface area contributed by atoms with Gasteiger partial charge < -0.3 is 4.74 Å². The summed E-state index contributed by atoms with van der Waals surface area (Å²) in [7, 11) is 3.15. The topological polar surface area (TPSA) is 26.3 Å². The van der Waals surface area contributed by atoms with E-state index in [1.54, 1.807) is 10.1 Å². The lowest BCUT2D eigenvalue weighted by Gasteiger charge is -1.98. The van der Waals surface area contributed by atoms with Crippen molar-refractivity contribution in [2.45, 2.75) is 11.6 Å². The van der Waals surface area contributed by atoms with Gasteiger partial charge in [0, 0.05) is 0 Å². The van der Waals surface area contributed by atoms with Crippen LogP contribution in [-0.4, -0.2) is 31.8 Å². The van der Waals surface area contributed by atoms with Gasteiger partial charge in [0.25, 0.3) is 0 Å². The molecule has 52 valence electrons.